The normalized spacial score (nSPS) is 17.0. The Bertz CT molecular complexity index is 727. The van der Waals surface area contributed by atoms with E-state index in [0.29, 0.717) is 22.2 Å². The summed E-state index contributed by atoms with van der Waals surface area (Å²) in [4.78, 5) is 18.5. The lowest BCUT2D eigenvalue weighted by Crippen LogP contribution is -2.44. The predicted octanol–water partition coefficient (Wildman–Crippen LogP) is 2.85. The molecule has 0 radical (unpaired) electrons. The van der Waals surface area contributed by atoms with Crippen molar-refractivity contribution in [2.75, 3.05) is 19.7 Å². The molecule has 1 fully saturated rings. The van der Waals surface area contributed by atoms with E-state index < -0.39 is 0 Å². The van der Waals surface area contributed by atoms with Crippen LogP contribution < -0.4 is 10.5 Å². The zero-order chi connectivity index (χ0) is 17.1. The van der Waals surface area contributed by atoms with Crippen LogP contribution in [0.1, 0.15) is 19.8 Å². The number of hydrogen-bond acceptors (Lipinski definition) is 4. The molecule has 6 heteroatoms. The van der Waals surface area contributed by atoms with Gasteiger partial charge < -0.3 is 15.4 Å². The van der Waals surface area contributed by atoms with Gasteiger partial charge in [-0.3, -0.25) is 9.78 Å². The number of carbonyl (C=O) groups excluding carboxylic acids is 1. The molecule has 2 aromatic rings. The van der Waals surface area contributed by atoms with Crippen LogP contribution in [0.5, 0.6) is 5.75 Å². The van der Waals surface area contributed by atoms with Crippen molar-refractivity contribution in [1.82, 2.24) is 9.88 Å². The number of halogens is 1. The monoisotopic (exact) mass is 347 g/mol. The number of nitrogens with two attached hydrogens (primary N) is 1. The number of nitrogens with zero attached hydrogens (tertiary/aromatic N) is 2. The number of fused-ring (bicyclic) bond motifs is 1. The predicted molar refractivity (Wildman–Crippen MR) is 95.2 cm³/mol. The largest absolute Gasteiger partial charge is 0.481 e. The first-order valence-corrected chi connectivity index (χ1v) is 8.63. The summed E-state index contributed by atoms with van der Waals surface area (Å²) < 4.78 is 5.73. The first-order chi connectivity index (χ1) is 11.6. The first kappa shape index (κ1) is 17.0. The highest BCUT2D eigenvalue weighted by atomic mass is 35.5. The van der Waals surface area contributed by atoms with Crippen LogP contribution in [-0.2, 0) is 4.79 Å². The van der Waals surface area contributed by atoms with Crippen LogP contribution >= 0.6 is 11.6 Å². The zero-order valence-corrected chi connectivity index (χ0v) is 14.5. The van der Waals surface area contributed by atoms with Crippen molar-refractivity contribution in [3.05, 3.63) is 35.5 Å². The molecule has 1 amide bonds. The molecule has 128 valence electrons. The molecule has 0 bridgehead atoms. The minimum absolute atomic E-state index is 0.00263. The molecule has 1 unspecified atom stereocenters. The Hall–Kier alpha value is -1.85. The Balaban J connectivity index is 1.62. The topological polar surface area (TPSA) is 68.5 Å². The number of hydrogen-bond donors (Lipinski definition) is 1. The van der Waals surface area contributed by atoms with Crippen LogP contribution in [0, 0.1) is 5.92 Å². The third-order valence-corrected chi connectivity index (χ3v) is 5.00. The molecular formula is C18H22ClN3O2. The molecule has 0 spiro atoms. The van der Waals surface area contributed by atoms with Crippen molar-refractivity contribution in [1.29, 1.82) is 0 Å². The summed E-state index contributed by atoms with van der Waals surface area (Å²) in [6.07, 6.45) is 3.59. The molecule has 1 saturated heterocycles. The van der Waals surface area contributed by atoms with E-state index in [9.17, 15) is 4.79 Å². The molecule has 1 aromatic heterocycles. The zero-order valence-electron chi connectivity index (χ0n) is 13.7. The second kappa shape index (κ2) is 7.36. The number of rotatable bonds is 4. The standard InChI is InChI=1S/C18H22ClN3O2/c1-12(20)13-6-9-22(10-7-13)17(23)11-24-16-5-4-15(19)14-3-2-8-21-18(14)16/h2-5,8,12-13H,6-7,9-11,20H2,1H3. The fraction of sp³-hybridized carbons (Fsp3) is 0.444. The minimum Gasteiger partial charge on any atom is -0.481 e. The molecule has 0 saturated carbocycles. The van der Waals surface area contributed by atoms with Gasteiger partial charge in [0.2, 0.25) is 0 Å². The van der Waals surface area contributed by atoms with Gasteiger partial charge in [0.25, 0.3) is 5.91 Å². The Kier molecular flexibility index (Phi) is 5.21. The van der Waals surface area contributed by atoms with Gasteiger partial charge in [0.1, 0.15) is 11.3 Å². The van der Waals surface area contributed by atoms with Crippen LogP contribution in [0.4, 0.5) is 0 Å². The maximum Gasteiger partial charge on any atom is 0.260 e. The van der Waals surface area contributed by atoms with Crippen molar-refractivity contribution in [3.63, 3.8) is 0 Å². The number of pyridine rings is 1. The lowest BCUT2D eigenvalue weighted by molar-refractivity contribution is -0.134. The smallest absolute Gasteiger partial charge is 0.260 e. The van der Waals surface area contributed by atoms with E-state index in [1.807, 2.05) is 24.0 Å². The van der Waals surface area contributed by atoms with Gasteiger partial charge in [-0.05, 0) is 49.9 Å². The van der Waals surface area contributed by atoms with E-state index >= 15 is 0 Å². The lowest BCUT2D eigenvalue weighted by atomic mass is 9.91. The molecule has 24 heavy (non-hydrogen) atoms. The highest BCUT2D eigenvalue weighted by Gasteiger charge is 2.25. The van der Waals surface area contributed by atoms with Gasteiger partial charge in [0.15, 0.2) is 6.61 Å². The number of amides is 1. The van der Waals surface area contributed by atoms with Gasteiger partial charge in [0.05, 0.1) is 5.02 Å². The molecule has 0 aliphatic carbocycles. The summed E-state index contributed by atoms with van der Waals surface area (Å²) in [5.74, 6) is 1.07. The highest BCUT2D eigenvalue weighted by Crippen LogP contribution is 2.29. The van der Waals surface area contributed by atoms with Crippen molar-refractivity contribution < 1.29 is 9.53 Å². The fourth-order valence-electron chi connectivity index (χ4n) is 3.13. The molecule has 2 N–H and O–H groups in total. The van der Waals surface area contributed by atoms with Crippen LogP contribution in [0.3, 0.4) is 0 Å². The van der Waals surface area contributed by atoms with Gasteiger partial charge in [-0.25, -0.2) is 0 Å². The van der Waals surface area contributed by atoms with Gasteiger partial charge in [-0.15, -0.1) is 0 Å². The Morgan fingerprint density at radius 1 is 1.42 bits per heavy atom. The van der Waals surface area contributed by atoms with Crippen LogP contribution in [0.25, 0.3) is 10.9 Å². The number of ether oxygens (including phenoxy) is 1. The third kappa shape index (κ3) is 3.62. The molecule has 1 aliphatic rings. The summed E-state index contributed by atoms with van der Waals surface area (Å²) in [7, 11) is 0. The van der Waals surface area contributed by atoms with Crippen molar-refractivity contribution in [2.45, 2.75) is 25.8 Å². The van der Waals surface area contributed by atoms with Crippen molar-refractivity contribution in [3.8, 4) is 5.75 Å². The fourth-order valence-corrected chi connectivity index (χ4v) is 3.35. The summed E-state index contributed by atoms with van der Waals surface area (Å²) >= 11 is 6.17. The summed E-state index contributed by atoms with van der Waals surface area (Å²) in [5.41, 5.74) is 6.62. The number of piperidine rings is 1. The molecule has 3 rings (SSSR count). The number of benzene rings is 1. The van der Waals surface area contributed by atoms with Gasteiger partial charge in [0, 0.05) is 30.7 Å². The summed E-state index contributed by atoms with van der Waals surface area (Å²) in [5, 5.41) is 1.44. The number of aromatic nitrogens is 1. The van der Waals surface area contributed by atoms with Gasteiger partial charge in [-0.2, -0.15) is 0 Å². The molecule has 5 nitrogen and oxygen atoms in total. The Labute approximate surface area is 146 Å². The average molecular weight is 348 g/mol. The van der Waals surface area contributed by atoms with Crippen LogP contribution in [0.2, 0.25) is 5.02 Å². The average Bonchev–Trinajstić information content (AvgIpc) is 2.61. The molecular weight excluding hydrogens is 326 g/mol. The van der Waals surface area contributed by atoms with E-state index in [1.165, 1.54) is 0 Å². The van der Waals surface area contributed by atoms with Crippen molar-refractivity contribution >= 4 is 28.4 Å². The van der Waals surface area contributed by atoms with Crippen LogP contribution in [-0.4, -0.2) is 41.5 Å². The van der Waals surface area contributed by atoms with Gasteiger partial charge >= 0.3 is 0 Å². The number of carbonyl (C=O) groups is 1. The quantitative estimate of drug-likeness (QED) is 0.923. The van der Waals surface area contributed by atoms with Crippen molar-refractivity contribution in [2.24, 2.45) is 11.7 Å². The maximum absolute atomic E-state index is 12.4. The van der Waals surface area contributed by atoms with E-state index in [2.05, 4.69) is 4.98 Å². The summed E-state index contributed by atoms with van der Waals surface area (Å²) in [6.45, 7) is 3.53. The third-order valence-electron chi connectivity index (χ3n) is 4.67. The molecule has 1 atom stereocenters. The highest BCUT2D eigenvalue weighted by molar-refractivity contribution is 6.35. The minimum atomic E-state index is -0.00263. The van der Waals surface area contributed by atoms with E-state index in [-0.39, 0.29) is 18.6 Å². The second-order valence-electron chi connectivity index (χ2n) is 6.31. The molecule has 1 aliphatic heterocycles. The van der Waals surface area contributed by atoms with Gasteiger partial charge in [-0.1, -0.05) is 11.6 Å². The summed E-state index contributed by atoms with van der Waals surface area (Å²) in [6, 6.07) is 7.42. The first-order valence-electron chi connectivity index (χ1n) is 8.25. The van der Waals surface area contributed by atoms with E-state index in [1.54, 1.807) is 18.3 Å². The maximum atomic E-state index is 12.4. The Morgan fingerprint density at radius 2 is 2.17 bits per heavy atom. The Morgan fingerprint density at radius 3 is 2.88 bits per heavy atom. The van der Waals surface area contributed by atoms with Crippen LogP contribution in [0.15, 0.2) is 30.5 Å². The van der Waals surface area contributed by atoms with E-state index in [4.69, 9.17) is 22.1 Å². The molecule has 1 aromatic carbocycles. The number of likely N-dealkylation sites (tertiary alicyclic amines) is 1. The molecule has 2 heterocycles. The SMILES string of the molecule is CC(N)C1CCN(C(=O)COc2ccc(Cl)c3cccnc23)CC1. The van der Waals surface area contributed by atoms with E-state index in [0.717, 1.165) is 31.3 Å². The second-order valence-corrected chi connectivity index (χ2v) is 6.72. The lowest BCUT2D eigenvalue weighted by Gasteiger charge is -2.33.